The molecule has 8 heteroatoms. The Hall–Kier alpha value is -3.81. The number of amides is 1. The van der Waals surface area contributed by atoms with Gasteiger partial charge in [-0.3, -0.25) is 14.4 Å². The first-order valence-electron chi connectivity index (χ1n) is 11.2. The largest absolute Gasteiger partial charge is 0.351 e. The highest BCUT2D eigenvalue weighted by Gasteiger charge is 2.24. The summed E-state index contributed by atoms with van der Waals surface area (Å²) in [6.07, 6.45) is 2.29. The topological polar surface area (TPSA) is 98.9 Å². The first kappa shape index (κ1) is 22.4. The molecule has 2 atom stereocenters. The fourth-order valence-corrected chi connectivity index (χ4v) is 3.99. The van der Waals surface area contributed by atoms with Crippen molar-refractivity contribution in [3.63, 3.8) is 0 Å². The highest BCUT2D eigenvalue weighted by molar-refractivity contribution is 5.91. The molecule has 2 aromatic heterocycles. The maximum Gasteiger partial charge on any atom is 0.274 e. The van der Waals surface area contributed by atoms with Gasteiger partial charge in [0, 0.05) is 23.4 Å². The number of aromatic nitrogens is 4. The second-order valence-electron chi connectivity index (χ2n) is 8.11. The van der Waals surface area contributed by atoms with E-state index in [1.54, 1.807) is 31.3 Å². The molecule has 2 heterocycles. The Morgan fingerprint density at radius 1 is 0.939 bits per heavy atom. The summed E-state index contributed by atoms with van der Waals surface area (Å²) in [6.45, 7) is 6.26. The van der Waals surface area contributed by atoms with Crippen molar-refractivity contribution in [2.24, 2.45) is 0 Å². The number of fused-ring (bicyclic) bond motifs is 2. The zero-order chi connectivity index (χ0) is 23.5. The quantitative estimate of drug-likeness (QED) is 0.472. The van der Waals surface area contributed by atoms with E-state index in [0.717, 1.165) is 5.39 Å². The predicted octanol–water partition coefficient (Wildman–Crippen LogP) is 2.82. The van der Waals surface area contributed by atoms with Crippen molar-refractivity contribution >= 4 is 27.5 Å². The molecule has 0 aliphatic carbocycles. The molecule has 0 spiro atoms. The third-order valence-electron chi connectivity index (χ3n) is 5.99. The number of rotatable bonds is 7. The second-order valence-corrected chi connectivity index (χ2v) is 8.11. The van der Waals surface area contributed by atoms with Gasteiger partial charge in [0.2, 0.25) is 5.91 Å². The van der Waals surface area contributed by atoms with Crippen LogP contribution in [0.2, 0.25) is 0 Å². The smallest absolute Gasteiger partial charge is 0.274 e. The SMILES string of the molecule is CC[C@@H](Cn1ncc2ccccc2c1=O)NC(=O)[C@@H](C)c1nn(CC)c(=O)c2ccccc12. The molecule has 4 aromatic rings. The molecule has 33 heavy (non-hydrogen) atoms. The zero-order valence-electron chi connectivity index (χ0n) is 19.0. The Morgan fingerprint density at radius 2 is 1.58 bits per heavy atom. The molecule has 1 amide bonds. The number of hydrogen-bond acceptors (Lipinski definition) is 5. The van der Waals surface area contributed by atoms with E-state index >= 15 is 0 Å². The number of nitrogens with one attached hydrogen (secondary N) is 1. The molecule has 170 valence electrons. The standard InChI is InChI=1S/C25H27N5O3/c1-4-18(15-30-24(32)19-11-7-6-10-17(19)14-26-30)27-23(31)16(3)22-20-12-8-9-13-21(20)25(33)29(5-2)28-22/h6-14,16,18H,4-5,15H2,1-3H3,(H,27,31)/t16-,18-/m0/s1. The van der Waals surface area contributed by atoms with Crippen LogP contribution in [0, 0.1) is 0 Å². The summed E-state index contributed by atoms with van der Waals surface area (Å²) in [7, 11) is 0. The summed E-state index contributed by atoms with van der Waals surface area (Å²) in [4.78, 5) is 38.6. The first-order valence-corrected chi connectivity index (χ1v) is 11.2. The lowest BCUT2D eigenvalue weighted by molar-refractivity contribution is -0.123. The normalized spacial score (nSPS) is 13.2. The molecule has 0 radical (unpaired) electrons. The number of hydrogen-bond donors (Lipinski definition) is 1. The lowest BCUT2D eigenvalue weighted by atomic mass is 10.00. The summed E-state index contributed by atoms with van der Waals surface area (Å²) in [6, 6.07) is 14.2. The van der Waals surface area contributed by atoms with E-state index in [4.69, 9.17) is 0 Å². The van der Waals surface area contributed by atoms with Crippen molar-refractivity contribution in [1.82, 2.24) is 24.9 Å². The third-order valence-corrected chi connectivity index (χ3v) is 5.99. The fourth-order valence-electron chi connectivity index (χ4n) is 3.99. The Kier molecular flexibility index (Phi) is 6.35. The molecule has 4 rings (SSSR count). The number of carbonyl (C=O) groups excluding carboxylic acids is 1. The number of nitrogens with zero attached hydrogens (tertiary/aromatic N) is 4. The molecule has 0 unspecified atom stereocenters. The average Bonchev–Trinajstić information content (AvgIpc) is 2.85. The Morgan fingerprint density at radius 3 is 2.27 bits per heavy atom. The monoisotopic (exact) mass is 445 g/mol. The van der Waals surface area contributed by atoms with Crippen molar-refractivity contribution in [1.29, 1.82) is 0 Å². The predicted molar refractivity (Wildman–Crippen MR) is 128 cm³/mol. The minimum absolute atomic E-state index is 0.169. The van der Waals surface area contributed by atoms with Gasteiger partial charge in [0.15, 0.2) is 0 Å². The summed E-state index contributed by atoms with van der Waals surface area (Å²) in [5.41, 5.74) is 0.203. The van der Waals surface area contributed by atoms with Crippen LogP contribution >= 0.6 is 0 Å². The van der Waals surface area contributed by atoms with Crippen LogP contribution in [0.4, 0.5) is 0 Å². The van der Waals surface area contributed by atoms with E-state index in [-0.39, 0.29) is 29.6 Å². The van der Waals surface area contributed by atoms with E-state index in [2.05, 4.69) is 15.5 Å². The lowest BCUT2D eigenvalue weighted by Gasteiger charge is -2.21. The van der Waals surface area contributed by atoms with Crippen LogP contribution in [-0.2, 0) is 17.9 Å². The Balaban J connectivity index is 1.60. The highest BCUT2D eigenvalue weighted by atomic mass is 16.2. The molecular formula is C25H27N5O3. The minimum atomic E-state index is -0.580. The van der Waals surface area contributed by atoms with E-state index in [1.165, 1.54) is 9.36 Å². The zero-order valence-corrected chi connectivity index (χ0v) is 19.0. The molecule has 2 aromatic carbocycles. The molecule has 0 aliphatic rings. The van der Waals surface area contributed by atoms with Crippen molar-refractivity contribution in [3.8, 4) is 0 Å². The van der Waals surface area contributed by atoms with Gasteiger partial charge in [-0.2, -0.15) is 10.2 Å². The summed E-state index contributed by atoms with van der Waals surface area (Å²) in [5, 5.41) is 14.4. The highest BCUT2D eigenvalue weighted by Crippen LogP contribution is 2.22. The molecule has 1 N–H and O–H groups in total. The van der Waals surface area contributed by atoms with Crippen LogP contribution in [0.1, 0.15) is 38.8 Å². The van der Waals surface area contributed by atoms with Crippen molar-refractivity contribution in [3.05, 3.63) is 81.1 Å². The van der Waals surface area contributed by atoms with E-state index < -0.39 is 5.92 Å². The first-order chi connectivity index (χ1) is 15.9. The number of aryl methyl sites for hydroxylation is 1. The van der Waals surface area contributed by atoms with Gasteiger partial charge in [-0.25, -0.2) is 9.36 Å². The van der Waals surface area contributed by atoms with Gasteiger partial charge in [-0.1, -0.05) is 43.3 Å². The van der Waals surface area contributed by atoms with Crippen LogP contribution in [0.15, 0.2) is 64.3 Å². The van der Waals surface area contributed by atoms with Gasteiger partial charge >= 0.3 is 0 Å². The van der Waals surface area contributed by atoms with Gasteiger partial charge in [-0.05, 0) is 32.4 Å². The minimum Gasteiger partial charge on any atom is -0.351 e. The molecule has 0 fully saturated rings. The molecular weight excluding hydrogens is 418 g/mol. The fraction of sp³-hybridized carbons (Fsp3) is 0.320. The summed E-state index contributed by atoms with van der Waals surface area (Å²) < 4.78 is 2.78. The van der Waals surface area contributed by atoms with Crippen molar-refractivity contribution < 1.29 is 4.79 Å². The summed E-state index contributed by atoms with van der Waals surface area (Å²) >= 11 is 0. The molecule has 0 saturated carbocycles. The van der Waals surface area contributed by atoms with Gasteiger partial charge in [0.1, 0.15) is 0 Å². The van der Waals surface area contributed by atoms with Crippen molar-refractivity contribution in [2.45, 2.75) is 52.2 Å². The Bertz CT molecular complexity index is 1440. The molecule has 0 saturated heterocycles. The Labute approximate surface area is 190 Å². The van der Waals surface area contributed by atoms with E-state index in [0.29, 0.717) is 34.8 Å². The maximum absolute atomic E-state index is 13.2. The van der Waals surface area contributed by atoms with Crippen molar-refractivity contribution in [2.75, 3.05) is 0 Å². The summed E-state index contributed by atoms with van der Waals surface area (Å²) in [5.74, 6) is -0.793. The van der Waals surface area contributed by atoms with E-state index in [1.807, 2.05) is 44.2 Å². The lowest BCUT2D eigenvalue weighted by Crippen LogP contribution is -2.42. The van der Waals surface area contributed by atoms with Gasteiger partial charge in [0.05, 0.1) is 35.1 Å². The average molecular weight is 446 g/mol. The van der Waals surface area contributed by atoms with E-state index in [9.17, 15) is 14.4 Å². The number of carbonyl (C=O) groups is 1. The van der Waals surface area contributed by atoms with Crippen LogP contribution in [0.3, 0.4) is 0 Å². The molecule has 0 bridgehead atoms. The van der Waals surface area contributed by atoms with Crippen LogP contribution in [0.25, 0.3) is 21.5 Å². The maximum atomic E-state index is 13.2. The molecule has 8 nitrogen and oxygen atoms in total. The van der Waals surface area contributed by atoms with Gasteiger partial charge < -0.3 is 5.32 Å². The van der Waals surface area contributed by atoms with Gasteiger partial charge in [-0.15, -0.1) is 0 Å². The van der Waals surface area contributed by atoms with Gasteiger partial charge in [0.25, 0.3) is 11.1 Å². The number of benzene rings is 2. The van der Waals surface area contributed by atoms with Crippen LogP contribution in [0.5, 0.6) is 0 Å². The molecule has 0 aliphatic heterocycles. The second kappa shape index (κ2) is 9.36. The third kappa shape index (κ3) is 4.28. The van der Waals surface area contributed by atoms with Crippen LogP contribution < -0.4 is 16.4 Å². The van der Waals surface area contributed by atoms with Crippen LogP contribution in [-0.4, -0.2) is 31.5 Å².